The van der Waals surface area contributed by atoms with Crippen molar-refractivity contribution in [2.75, 3.05) is 13.7 Å². The lowest BCUT2D eigenvalue weighted by Crippen LogP contribution is -2.20. The molecule has 1 aromatic rings. The summed E-state index contributed by atoms with van der Waals surface area (Å²) in [5, 5.41) is 0. The average molecular weight is 271 g/mol. The Morgan fingerprint density at radius 3 is 2.80 bits per heavy atom. The summed E-state index contributed by atoms with van der Waals surface area (Å²) in [6, 6.07) is 4.82. The van der Waals surface area contributed by atoms with Crippen molar-refractivity contribution in [3.05, 3.63) is 72.2 Å². The SMILES string of the molecule is C=CCOc1cccc(F)c1C1=CC=C(C)C(=C)N1C. The zero-order valence-electron chi connectivity index (χ0n) is 11.8. The predicted octanol–water partition coefficient (Wildman–Crippen LogP) is 4.14. The van der Waals surface area contributed by atoms with E-state index in [2.05, 4.69) is 13.2 Å². The summed E-state index contributed by atoms with van der Waals surface area (Å²) >= 11 is 0. The average Bonchev–Trinajstić information content (AvgIpc) is 2.44. The Morgan fingerprint density at radius 1 is 1.35 bits per heavy atom. The number of halogens is 1. The third-order valence-electron chi connectivity index (χ3n) is 3.30. The van der Waals surface area contributed by atoms with Gasteiger partial charge in [0, 0.05) is 12.7 Å². The van der Waals surface area contributed by atoms with Crippen LogP contribution in [0.5, 0.6) is 5.75 Å². The normalized spacial score (nSPS) is 14.8. The molecule has 2 rings (SSSR count). The molecule has 1 aliphatic heterocycles. The minimum atomic E-state index is -0.314. The van der Waals surface area contributed by atoms with Crippen LogP contribution in [0.15, 0.2) is 60.9 Å². The summed E-state index contributed by atoms with van der Waals surface area (Å²) in [6.45, 7) is 9.93. The third-order valence-corrected chi connectivity index (χ3v) is 3.30. The quantitative estimate of drug-likeness (QED) is 0.763. The standard InChI is InChI=1S/C17H18FNO/c1-5-11-20-16-8-6-7-14(18)17(16)15-10-9-12(2)13(3)19(15)4/h5-10H,1,3,11H2,2,4H3. The maximum absolute atomic E-state index is 14.2. The van der Waals surface area contributed by atoms with E-state index in [9.17, 15) is 4.39 Å². The smallest absolute Gasteiger partial charge is 0.136 e. The van der Waals surface area contributed by atoms with E-state index in [1.54, 1.807) is 18.2 Å². The van der Waals surface area contributed by atoms with E-state index in [1.807, 2.05) is 31.0 Å². The van der Waals surface area contributed by atoms with Crippen molar-refractivity contribution in [3.63, 3.8) is 0 Å². The van der Waals surface area contributed by atoms with E-state index >= 15 is 0 Å². The second kappa shape index (κ2) is 5.78. The molecule has 104 valence electrons. The molecule has 1 aromatic carbocycles. The molecule has 0 unspecified atom stereocenters. The highest BCUT2D eigenvalue weighted by molar-refractivity contribution is 5.74. The Kier molecular flexibility index (Phi) is 4.08. The minimum absolute atomic E-state index is 0.314. The molecule has 2 nitrogen and oxygen atoms in total. The molecule has 0 atom stereocenters. The number of rotatable bonds is 4. The molecule has 3 heteroatoms. The Labute approximate surface area is 119 Å². The van der Waals surface area contributed by atoms with Crippen LogP contribution in [0.4, 0.5) is 4.39 Å². The van der Waals surface area contributed by atoms with Crippen LogP contribution < -0.4 is 4.74 Å². The maximum Gasteiger partial charge on any atom is 0.136 e. The van der Waals surface area contributed by atoms with Crippen LogP contribution in [0.1, 0.15) is 12.5 Å². The van der Waals surface area contributed by atoms with E-state index in [4.69, 9.17) is 4.74 Å². The number of hydrogen-bond acceptors (Lipinski definition) is 2. The van der Waals surface area contributed by atoms with Gasteiger partial charge in [-0.3, -0.25) is 0 Å². The van der Waals surface area contributed by atoms with Gasteiger partial charge < -0.3 is 9.64 Å². The van der Waals surface area contributed by atoms with Crippen molar-refractivity contribution in [1.82, 2.24) is 4.90 Å². The first-order valence-electron chi connectivity index (χ1n) is 6.40. The molecule has 0 aliphatic carbocycles. The van der Waals surface area contributed by atoms with Crippen molar-refractivity contribution < 1.29 is 9.13 Å². The summed E-state index contributed by atoms with van der Waals surface area (Å²) in [7, 11) is 1.87. The molecule has 0 amide bonds. The zero-order valence-corrected chi connectivity index (χ0v) is 11.8. The highest BCUT2D eigenvalue weighted by Gasteiger charge is 2.21. The monoisotopic (exact) mass is 271 g/mol. The summed E-state index contributed by atoms with van der Waals surface area (Å²) in [4.78, 5) is 1.87. The molecule has 20 heavy (non-hydrogen) atoms. The van der Waals surface area contributed by atoms with Gasteiger partial charge in [-0.2, -0.15) is 0 Å². The lowest BCUT2D eigenvalue weighted by molar-refractivity contribution is 0.358. The molecule has 0 spiro atoms. The predicted molar refractivity (Wildman–Crippen MR) is 80.7 cm³/mol. The van der Waals surface area contributed by atoms with E-state index in [-0.39, 0.29) is 5.82 Å². The van der Waals surface area contributed by atoms with Gasteiger partial charge in [-0.1, -0.05) is 31.4 Å². The fraction of sp³-hybridized carbons (Fsp3) is 0.176. The Morgan fingerprint density at radius 2 is 2.10 bits per heavy atom. The number of likely N-dealkylation sites (N-methyl/N-ethyl adjacent to an activating group) is 1. The van der Waals surface area contributed by atoms with E-state index in [1.165, 1.54) is 6.07 Å². The van der Waals surface area contributed by atoms with Crippen LogP contribution in [-0.2, 0) is 0 Å². The van der Waals surface area contributed by atoms with Crippen LogP contribution in [-0.4, -0.2) is 18.6 Å². The first-order valence-corrected chi connectivity index (χ1v) is 6.40. The van der Waals surface area contributed by atoms with Crippen LogP contribution in [0, 0.1) is 5.82 Å². The van der Waals surface area contributed by atoms with E-state index < -0.39 is 0 Å². The number of nitrogens with zero attached hydrogens (tertiary/aromatic N) is 1. The summed E-state index contributed by atoms with van der Waals surface area (Å²) < 4.78 is 19.8. The summed E-state index contributed by atoms with van der Waals surface area (Å²) in [5.74, 6) is 0.189. The highest BCUT2D eigenvalue weighted by atomic mass is 19.1. The van der Waals surface area contributed by atoms with Gasteiger partial charge in [0.25, 0.3) is 0 Å². The number of benzene rings is 1. The zero-order chi connectivity index (χ0) is 14.7. The topological polar surface area (TPSA) is 12.5 Å². The number of ether oxygens (including phenoxy) is 1. The van der Waals surface area contributed by atoms with Crippen molar-refractivity contribution >= 4 is 5.70 Å². The second-order valence-electron chi connectivity index (χ2n) is 4.62. The van der Waals surface area contributed by atoms with Gasteiger partial charge in [0.1, 0.15) is 18.2 Å². The van der Waals surface area contributed by atoms with Gasteiger partial charge in [-0.25, -0.2) is 4.39 Å². The lowest BCUT2D eigenvalue weighted by Gasteiger charge is -2.29. The molecular weight excluding hydrogens is 253 g/mol. The van der Waals surface area contributed by atoms with Crippen LogP contribution >= 0.6 is 0 Å². The van der Waals surface area contributed by atoms with Gasteiger partial charge >= 0.3 is 0 Å². The first-order chi connectivity index (χ1) is 9.56. The Hall–Kier alpha value is -2.29. The first kappa shape index (κ1) is 14.1. The molecule has 1 heterocycles. The third kappa shape index (κ3) is 2.52. The summed E-state index contributed by atoms with van der Waals surface area (Å²) in [6.07, 6.45) is 5.45. The number of allylic oxidation sites excluding steroid dienone is 3. The second-order valence-corrected chi connectivity index (χ2v) is 4.62. The van der Waals surface area contributed by atoms with Gasteiger partial charge in [0.2, 0.25) is 0 Å². The molecule has 0 saturated heterocycles. The van der Waals surface area contributed by atoms with E-state index in [0.717, 1.165) is 17.0 Å². The molecule has 0 N–H and O–H groups in total. The number of hydrogen-bond donors (Lipinski definition) is 0. The maximum atomic E-state index is 14.2. The van der Waals surface area contributed by atoms with Crippen LogP contribution in [0.3, 0.4) is 0 Å². The van der Waals surface area contributed by atoms with Crippen LogP contribution in [0.25, 0.3) is 5.70 Å². The Bertz CT molecular complexity index is 613. The Balaban J connectivity index is 2.51. The molecule has 0 aromatic heterocycles. The minimum Gasteiger partial charge on any atom is -0.489 e. The molecule has 0 bridgehead atoms. The van der Waals surface area contributed by atoms with Gasteiger partial charge in [-0.15, -0.1) is 0 Å². The summed E-state index contributed by atoms with van der Waals surface area (Å²) in [5.41, 5.74) is 3.08. The largest absolute Gasteiger partial charge is 0.489 e. The van der Waals surface area contributed by atoms with E-state index in [0.29, 0.717) is 17.9 Å². The fourth-order valence-corrected chi connectivity index (χ4v) is 2.09. The van der Waals surface area contributed by atoms with Gasteiger partial charge in [0.15, 0.2) is 0 Å². The van der Waals surface area contributed by atoms with Crippen molar-refractivity contribution in [3.8, 4) is 5.75 Å². The van der Waals surface area contributed by atoms with Crippen molar-refractivity contribution in [2.24, 2.45) is 0 Å². The van der Waals surface area contributed by atoms with Gasteiger partial charge in [0.05, 0.1) is 11.3 Å². The lowest BCUT2D eigenvalue weighted by atomic mass is 10.0. The van der Waals surface area contributed by atoms with Crippen LogP contribution in [0.2, 0.25) is 0 Å². The molecule has 0 saturated carbocycles. The van der Waals surface area contributed by atoms with Crippen molar-refractivity contribution in [2.45, 2.75) is 6.92 Å². The molecule has 1 aliphatic rings. The molecular formula is C17H18FNO. The fourth-order valence-electron chi connectivity index (χ4n) is 2.09. The van der Waals surface area contributed by atoms with Crippen molar-refractivity contribution in [1.29, 1.82) is 0 Å². The molecule has 0 radical (unpaired) electrons. The highest BCUT2D eigenvalue weighted by Crippen LogP contribution is 2.35. The van der Waals surface area contributed by atoms with Gasteiger partial charge in [-0.05, 0) is 30.7 Å². The molecule has 0 fully saturated rings.